The third-order valence-electron chi connectivity index (χ3n) is 2.57. The SMILES string of the molecule is CN(C)C(=O)c1ccc(NC=O)cc1S(=O)(=O)NC(C)(C)C. The van der Waals surface area contributed by atoms with Crippen LogP contribution in [0, 0.1) is 0 Å². The van der Waals surface area contributed by atoms with Gasteiger partial charge in [0.05, 0.1) is 10.5 Å². The number of hydrogen-bond acceptors (Lipinski definition) is 4. The summed E-state index contributed by atoms with van der Waals surface area (Å²) in [5.41, 5.74) is -0.372. The van der Waals surface area contributed by atoms with E-state index >= 15 is 0 Å². The van der Waals surface area contributed by atoms with Crippen LogP contribution in [-0.4, -0.2) is 45.3 Å². The number of anilines is 1. The molecule has 2 amide bonds. The second-order valence-corrected chi connectivity index (χ2v) is 7.68. The van der Waals surface area contributed by atoms with E-state index in [0.717, 1.165) is 0 Å². The van der Waals surface area contributed by atoms with E-state index in [4.69, 9.17) is 0 Å². The second-order valence-electron chi connectivity index (χ2n) is 6.03. The van der Waals surface area contributed by atoms with Crippen molar-refractivity contribution in [3.05, 3.63) is 23.8 Å². The predicted octanol–water partition coefficient (Wildman–Crippen LogP) is 1.03. The van der Waals surface area contributed by atoms with Crippen molar-refractivity contribution in [2.45, 2.75) is 31.2 Å². The van der Waals surface area contributed by atoms with E-state index in [-0.39, 0.29) is 10.5 Å². The summed E-state index contributed by atoms with van der Waals surface area (Å²) in [6, 6.07) is 4.12. The molecule has 0 atom stereocenters. The molecule has 1 aromatic carbocycles. The average molecular weight is 327 g/mol. The Labute approximate surface area is 130 Å². The molecule has 1 rings (SSSR count). The molecule has 0 unspecified atom stereocenters. The van der Waals surface area contributed by atoms with Crippen LogP contribution >= 0.6 is 0 Å². The number of rotatable bonds is 5. The van der Waals surface area contributed by atoms with Crippen LogP contribution in [0.4, 0.5) is 5.69 Å². The van der Waals surface area contributed by atoms with Gasteiger partial charge in [0.15, 0.2) is 0 Å². The van der Waals surface area contributed by atoms with Crippen molar-refractivity contribution in [1.82, 2.24) is 9.62 Å². The van der Waals surface area contributed by atoms with Gasteiger partial charge in [-0.15, -0.1) is 0 Å². The van der Waals surface area contributed by atoms with Gasteiger partial charge in [-0.05, 0) is 39.0 Å². The molecule has 0 fully saturated rings. The fourth-order valence-corrected chi connectivity index (χ4v) is 3.42. The molecule has 122 valence electrons. The topological polar surface area (TPSA) is 95.6 Å². The standard InChI is InChI=1S/C14H21N3O4S/c1-14(2,3)16-22(20,21)12-8-10(15-9-18)6-7-11(12)13(19)17(4)5/h6-9,16H,1-5H3,(H,15,18). The summed E-state index contributed by atoms with van der Waals surface area (Å²) in [6.45, 7) is 5.10. The number of sulfonamides is 1. The van der Waals surface area contributed by atoms with E-state index in [1.165, 1.54) is 37.2 Å². The van der Waals surface area contributed by atoms with Crippen LogP contribution in [0.2, 0.25) is 0 Å². The number of carbonyl (C=O) groups is 2. The van der Waals surface area contributed by atoms with Gasteiger partial charge in [0, 0.05) is 25.3 Å². The number of nitrogens with zero attached hydrogens (tertiary/aromatic N) is 1. The molecule has 0 saturated carbocycles. The first-order valence-electron chi connectivity index (χ1n) is 6.58. The van der Waals surface area contributed by atoms with Crippen LogP contribution in [0.5, 0.6) is 0 Å². The molecule has 7 nitrogen and oxygen atoms in total. The Kier molecular flexibility index (Phi) is 5.31. The molecule has 0 heterocycles. The van der Waals surface area contributed by atoms with Crippen molar-refractivity contribution in [3.63, 3.8) is 0 Å². The first-order chi connectivity index (χ1) is 9.98. The van der Waals surface area contributed by atoms with E-state index < -0.39 is 21.5 Å². The number of amides is 2. The third kappa shape index (κ3) is 4.54. The van der Waals surface area contributed by atoms with E-state index in [1.807, 2.05) is 0 Å². The second kappa shape index (κ2) is 6.45. The minimum atomic E-state index is -3.92. The van der Waals surface area contributed by atoms with Gasteiger partial charge in [0.2, 0.25) is 16.4 Å². The summed E-state index contributed by atoms with van der Waals surface area (Å²) >= 11 is 0. The summed E-state index contributed by atoms with van der Waals surface area (Å²) in [4.78, 5) is 23.8. The molecule has 0 spiro atoms. The summed E-state index contributed by atoms with van der Waals surface area (Å²) in [6.07, 6.45) is 0.441. The lowest BCUT2D eigenvalue weighted by molar-refractivity contribution is -0.105. The van der Waals surface area contributed by atoms with Gasteiger partial charge >= 0.3 is 0 Å². The lowest BCUT2D eigenvalue weighted by Crippen LogP contribution is -2.41. The Bertz CT molecular complexity index is 676. The Hall–Kier alpha value is -1.93. The van der Waals surface area contributed by atoms with Gasteiger partial charge in [-0.1, -0.05) is 0 Å². The minimum Gasteiger partial charge on any atom is -0.345 e. The van der Waals surface area contributed by atoms with Crippen molar-refractivity contribution < 1.29 is 18.0 Å². The molecule has 0 aliphatic heterocycles. The van der Waals surface area contributed by atoms with Crippen molar-refractivity contribution in [3.8, 4) is 0 Å². The van der Waals surface area contributed by atoms with Gasteiger partial charge in [-0.25, -0.2) is 13.1 Å². The van der Waals surface area contributed by atoms with Crippen molar-refractivity contribution >= 4 is 28.0 Å². The van der Waals surface area contributed by atoms with Crippen LogP contribution in [-0.2, 0) is 14.8 Å². The Balaban J connectivity index is 3.49. The zero-order chi connectivity index (χ0) is 17.1. The molecule has 22 heavy (non-hydrogen) atoms. The molecule has 0 radical (unpaired) electrons. The first-order valence-corrected chi connectivity index (χ1v) is 8.06. The highest BCUT2D eigenvalue weighted by molar-refractivity contribution is 7.89. The Morgan fingerprint density at radius 1 is 1.23 bits per heavy atom. The predicted molar refractivity (Wildman–Crippen MR) is 84.2 cm³/mol. The van der Waals surface area contributed by atoms with E-state index in [2.05, 4.69) is 10.0 Å². The highest BCUT2D eigenvalue weighted by Crippen LogP contribution is 2.23. The monoisotopic (exact) mass is 327 g/mol. The van der Waals surface area contributed by atoms with Crippen molar-refractivity contribution in [2.75, 3.05) is 19.4 Å². The normalized spacial score (nSPS) is 11.9. The van der Waals surface area contributed by atoms with Crippen molar-refractivity contribution in [2.24, 2.45) is 0 Å². The molecule has 0 aliphatic carbocycles. The van der Waals surface area contributed by atoms with Crippen molar-refractivity contribution in [1.29, 1.82) is 0 Å². The maximum Gasteiger partial charge on any atom is 0.254 e. The smallest absolute Gasteiger partial charge is 0.254 e. The molecule has 0 saturated heterocycles. The maximum atomic E-state index is 12.6. The molecule has 2 N–H and O–H groups in total. The first kappa shape index (κ1) is 18.1. The third-order valence-corrected chi connectivity index (χ3v) is 4.37. The van der Waals surface area contributed by atoms with Gasteiger partial charge in [-0.2, -0.15) is 0 Å². The molecule has 0 aliphatic rings. The highest BCUT2D eigenvalue weighted by atomic mass is 32.2. The molecule has 1 aromatic rings. The zero-order valence-corrected chi connectivity index (χ0v) is 14.1. The summed E-state index contributed by atoms with van der Waals surface area (Å²) in [5, 5.41) is 2.38. The Morgan fingerprint density at radius 2 is 1.82 bits per heavy atom. The average Bonchev–Trinajstić information content (AvgIpc) is 2.35. The summed E-state index contributed by atoms with van der Waals surface area (Å²) in [5.74, 6) is -0.438. The number of hydrogen-bond donors (Lipinski definition) is 2. The van der Waals surface area contributed by atoms with Gasteiger partial charge in [0.1, 0.15) is 0 Å². The summed E-state index contributed by atoms with van der Waals surface area (Å²) < 4.78 is 27.6. The highest BCUT2D eigenvalue weighted by Gasteiger charge is 2.27. The summed E-state index contributed by atoms with van der Waals surface area (Å²) in [7, 11) is -0.851. The molecular formula is C14H21N3O4S. The largest absolute Gasteiger partial charge is 0.345 e. The molecular weight excluding hydrogens is 306 g/mol. The lowest BCUT2D eigenvalue weighted by Gasteiger charge is -2.22. The van der Waals surface area contributed by atoms with Crippen LogP contribution in [0.1, 0.15) is 31.1 Å². The molecule has 0 aromatic heterocycles. The Morgan fingerprint density at radius 3 is 2.27 bits per heavy atom. The molecule has 0 bridgehead atoms. The van der Waals surface area contributed by atoms with Crippen LogP contribution in [0.15, 0.2) is 23.1 Å². The fraction of sp³-hybridized carbons (Fsp3) is 0.429. The van der Waals surface area contributed by atoms with Crippen LogP contribution in [0.3, 0.4) is 0 Å². The molecule has 8 heteroatoms. The van der Waals surface area contributed by atoms with Crippen LogP contribution in [0.25, 0.3) is 0 Å². The lowest BCUT2D eigenvalue weighted by atomic mass is 10.1. The van der Waals surface area contributed by atoms with Gasteiger partial charge in [0.25, 0.3) is 5.91 Å². The zero-order valence-electron chi connectivity index (χ0n) is 13.3. The number of benzene rings is 1. The van der Waals surface area contributed by atoms with E-state index in [1.54, 1.807) is 20.8 Å². The maximum absolute atomic E-state index is 12.6. The van der Waals surface area contributed by atoms with E-state index in [0.29, 0.717) is 12.1 Å². The fourth-order valence-electron chi connectivity index (χ4n) is 1.78. The van der Waals surface area contributed by atoms with E-state index in [9.17, 15) is 18.0 Å². The number of nitrogens with one attached hydrogen (secondary N) is 2. The minimum absolute atomic E-state index is 0.0400. The number of carbonyl (C=O) groups excluding carboxylic acids is 2. The van der Waals surface area contributed by atoms with Gasteiger partial charge in [-0.3, -0.25) is 9.59 Å². The quantitative estimate of drug-likeness (QED) is 0.790. The van der Waals surface area contributed by atoms with Gasteiger partial charge < -0.3 is 10.2 Å². The van der Waals surface area contributed by atoms with Crippen LogP contribution < -0.4 is 10.0 Å².